The second-order valence-corrected chi connectivity index (χ2v) is 16.7. The summed E-state index contributed by atoms with van der Waals surface area (Å²) in [6.45, 7) is 10.0. The first kappa shape index (κ1) is 36.5. The molecule has 2 heterocycles. The van der Waals surface area contributed by atoms with Gasteiger partial charge >= 0.3 is 0 Å². The smallest absolute Gasteiger partial charge is 0.0794 e. The third kappa shape index (κ3) is 5.67. The van der Waals surface area contributed by atoms with E-state index in [1.807, 2.05) is 6.92 Å². The summed E-state index contributed by atoms with van der Waals surface area (Å²) in [5.41, 5.74) is 16.9. The van der Waals surface area contributed by atoms with Gasteiger partial charge in [0.25, 0.3) is 0 Å². The van der Waals surface area contributed by atoms with Gasteiger partial charge in [0.1, 0.15) is 0 Å². The van der Waals surface area contributed by atoms with Gasteiger partial charge in [-0.05, 0) is 116 Å². The first-order valence-electron chi connectivity index (χ1n) is 21.2. The zero-order valence-corrected chi connectivity index (χ0v) is 34.7. The number of nitrogens with zero attached hydrogens (tertiary/aromatic N) is 2. The summed E-state index contributed by atoms with van der Waals surface area (Å²) in [7, 11) is 0. The van der Waals surface area contributed by atoms with Gasteiger partial charge in [-0.2, -0.15) is 0 Å². The lowest BCUT2D eigenvalue weighted by Gasteiger charge is -2.24. The fourth-order valence-corrected chi connectivity index (χ4v) is 10.2. The van der Waals surface area contributed by atoms with Crippen LogP contribution in [-0.2, 0) is 5.41 Å². The van der Waals surface area contributed by atoms with E-state index in [9.17, 15) is 0 Å². The Balaban J connectivity index is 0.00000136. The average molecular weight is 781 g/mol. The van der Waals surface area contributed by atoms with Crippen LogP contribution in [-0.4, -0.2) is 9.55 Å². The molecule has 0 saturated heterocycles. The van der Waals surface area contributed by atoms with E-state index < -0.39 is 0 Å². The van der Waals surface area contributed by atoms with Gasteiger partial charge in [-0.1, -0.05) is 166 Å². The van der Waals surface area contributed by atoms with Crippen molar-refractivity contribution in [1.82, 2.24) is 9.55 Å². The molecular formula is C59H44N2. The van der Waals surface area contributed by atoms with Gasteiger partial charge in [-0.3, -0.25) is 0 Å². The largest absolute Gasteiger partial charge is 0.309 e. The van der Waals surface area contributed by atoms with Crippen molar-refractivity contribution in [2.24, 2.45) is 0 Å². The average Bonchev–Trinajstić information content (AvgIpc) is 3.77. The van der Waals surface area contributed by atoms with Crippen molar-refractivity contribution in [1.29, 1.82) is 0 Å². The Morgan fingerprint density at radius 3 is 1.82 bits per heavy atom. The summed E-state index contributed by atoms with van der Waals surface area (Å²) >= 11 is 0. The van der Waals surface area contributed by atoms with Gasteiger partial charge in [-0.25, -0.2) is 4.98 Å². The van der Waals surface area contributed by atoms with Crippen LogP contribution in [0, 0.1) is 0 Å². The third-order valence-electron chi connectivity index (χ3n) is 12.7. The van der Waals surface area contributed by atoms with E-state index in [-0.39, 0.29) is 5.41 Å². The highest BCUT2D eigenvalue weighted by Gasteiger charge is 2.37. The molecule has 2 nitrogen and oxygen atoms in total. The number of aromatic nitrogens is 2. The van der Waals surface area contributed by atoms with Gasteiger partial charge in [0.15, 0.2) is 0 Å². The van der Waals surface area contributed by atoms with E-state index in [0.717, 1.165) is 22.5 Å². The van der Waals surface area contributed by atoms with E-state index in [4.69, 9.17) is 4.98 Å². The van der Waals surface area contributed by atoms with E-state index in [1.54, 1.807) is 6.08 Å². The van der Waals surface area contributed by atoms with Crippen molar-refractivity contribution in [3.8, 4) is 50.3 Å². The van der Waals surface area contributed by atoms with Crippen LogP contribution in [0.1, 0.15) is 31.9 Å². The van der Waals surface area contributed by atoms with Crippen molar-refractivity contribution in [2.45, 2.75) is 26.2 Å². The number of fused-ring (bicyclic) bond motifs is 12. The Labute approximate surface area is 356 Å². The fraction of sp³-hybridized carbons (Fsp3) is 0.0678. The molecule has 2 heteroatoms. The second kappa shape index (κ2) is 14.3. The minimum absolute atomic E-state index is 0.114. The molecule has 0 aliphatic heterocycles. The molecule has 11 aromatic rings. The molecule has 12 rings (SSSR count). The van der Waals surface area contributed by atoms with E-state index in [2.05, 4.69) is 219 Å². The maximum atomic E-state index is 5.41. The quantitative estimate of drug-likeness (QED) is 0.128. The Morgan fingerprint density at radius 2 is 1.03 bits per heavy atom. The summed E-state index contributed by atoms with van der Waals surface area (Å²) < 4.78 is 2.43. The van der Waals surface area contributed by atoms with Crippen molar-refractivity contribution >= 4 is 54.3 Å². The Morgan fingerprint density at radius 1 is 0.459 bits per heavy atom. The lowest BCUT2D eigenvalue weighted by molar-refractivity contribution is 0.662. The summed E-state index contributed by atoms with van der Waals surface area (Å²) in [5, 5.41) is 8.58. The Hall–Kier alpha value is -7.55. The number of pyridine rings is 1. The number of para-hydroxylation sites is 1. The summed E-state index contributed by atoms with van der Waals surface area (Å²) in [6.07, 6.45) is 1.75. The molecular weight excluding hydrogens is 737 g/mol. The highest BCUT2D eigenvalue weighted by atomic mass is 15.0. The molecule has 9 aromatic carbocycles. The molecule has 1 aliphatic rings. The first-order chi connectivity index (χ1) is 30.0. The van der Waals surface area contributed by atoms with Crippen molar-refractivity contribution in [2.75, 3.05) is 0 Å². The zero-order valence-electron chi connectivity index (χ0n) is 34.7. The minimum Gasteiger partial charge on any atom is -0.309 e. The second-order valence-electron chi connectivity index (χ2n) is 16.7. The predicted octanol–water partition coefficient (Wildman–Crippen LogP) is 16.1. The molecule has 0 atom stereocenters. The van der Waals surface area contributed by atoms with Crippen LogP contribution in [0.5, 0.6) is 0 Å². The van der Waals surface area contributed by atoms with Crippen LogP contribution in [0.4, 0.5) is 0 Å². The Kier molecular flexibility index (Phi) is 8.58. The van der Waals surface area contributed by atoms with Crippen LogP contribution in [0.2, 0.25) is 0 Å². The fourth-order valence-electron chi connectivity index (χ4n) is 10.2. The molecule has 0 saturated carbocycles. The monoisotopic (exact) mass is 780 g/mol. The molecule has 0 spiro atoms. The van der Waals surface area contributed by atoms with E-state index in [0.29, 0.717) is 0 Å². The van der Waals surface area contributed by atoms with Crippen LogP contribution in [0.3, 0.4) is 0 Å². The van der Waals surface area contributed by atoms with Crippen LogP contribution in [0.15, 0.2) is 207 Å². The molecule has 61 heavy (non-hydrogen) atoms. The zero-order chi connectivity index (χ0) is 41.2. The lowest BCUT2D eigenvalue weighted by Crippen LogP contribution is -2.16. The van der Waals surface area contributed by atoms with Crippen molar-refractivity contribution in [3.63, 3.8) is 0 Å². The SMILES string of the molecule is C=CC.CC1(C)c2ccccc2-c2cccc(-c3ccc4c(c3)c3c(-c5cccc(-c6ccc7c8ccccc8c8ccccc8c7n6)c5)cccc3n4-c3ccccc3)c21. The summed E-state index contributed by atoms with van der Waals surface area (Å²) in [5.74, 6) is 0. The number of allylic oxidation sites excluding steroid dienone is 1. The molecule has 0 unspecified atom stereocenters. The number of benzene rings is 9. The van der Waals surface area contributed by atoms with Gasteiger partial charge in [0.2, 0.25) is 0 Å². The highest BCUT2D eigenvalue weighted by Crippen LogP contribution is 2.52. The minimum atomic E-state index is -0.114. The normalized spacial score (nSPS) is 12.7. The molecule has 0 amide bonds. The number of rotatable bonds is 4. The van der Waals surface area contributed by atoms with Crippen molar-refractivity contribution in [3.05, 3.63) is 218 Å². The topological polar surface area (TPSA) is 17.8 Å². The van der Waals surface area contributed by atoms with Gasteiger partial charge in [0, 0.05) is 38.2 Å². The third-order valence-corrected chi connectivity index (χ3v) is 12.7. The van der Waals surface area contributed by atoms with Crippen LogP contribution < -0.4 is 0 Å². The summed E-state index contributed by atoms with van der Waals surface area (Å²) in [4.78, 5) is 5.41. The maximum Gasteiger partial charge on any atom is 0.0794 e. The molecule has 2 aromatic heterocycles. The summed E-state index contributed by atoms with van der Waals surface area (Å²) in [6, 6.07) is 71.2. The van der Waals surface area contributed by atoms with Crippen LogP contribution in [0.25, 0.3) is 105 Å². The van der Waals surface area contributed by atoms with Gasteiger partial charge < -0.3 is 4.57 Å². The van der Waals surface area contributed by atoms with E-state index >= 15 is 0 Å². The number of hydrogen-bond acceptors (Lipinski definition) is 1. The molecule has 0 N–H and O–H groups in total. The molecule has 0 fully saturated rings. The number of hydrogen-bond donors (Lipinski definition) is 0. The van der Waals surface area contributed by atoms with Crippen molar-refractivity contribution < 1.29 is 0 Å². The predicted molar refractivity (Wildman–Crippen MR) is 261 cm³/mol. The molecule has 0 bridgehead atoms. The standard InChI is InChI=1S/C56H38N2.C3H6/c1-56(2)49-27-11-10-22-44(49)45-26-13-25-40(54(45)56)36-29-32-51-48(34-36)53-39(24-14-28-52(53)58(51)38-17-4-3-5-18-38)35-15-12-16-37(33-35)50-31-30-47-43-21-7-6-19-41(43)42-20-8-9-23-46(42)55(47)57-50;1-3-2/h3-34H,1-2H3;3H,1H2,2H3. The van der Waals surface area contributed by atoms with Gasteiger partial charge in [0.05, 0.1) is 22.2 Å². The molecule has 290 valence electrons. The Bertz CT molecular complexity index is 3500. The maximum absolute atomic E-state index is 5.41. The van der Waals surface area contributed by atoms with E-state index in [1.165, 1.54) is 93.2 Å². The molecule has 1 aliphatic carbocycles. The van der Waals surface area contributed by atoms with Gasteiger partial charge in [-0.15, -0.1) is 6.58 Å². The molecule has 0 radical (unpaired) electrons. The van der Waals surface area contributed by atoms with Crippen LogP contribution >= 0.6 is 0 Å². The highest BCUT2D eigenvalue weighted by molar-refractivity contribution is 6.24. The lowest BCUT2D eigenvalue weighted by atomic mass is 9.79. The first-order valence-corrected chi connectivity index (χ1v) is 21.2.